The van der Waals surface area contributed by atoms with Gasteiger partial charge < -0.3 is 5.11 Å². The molecule has 0 amide bonds. The lowest BCUT2D eigenvalue weighted by Gasteiger charge is -2.29. The Morgan fingerprint density at radius 2 is 1.93 bits per heavy atom. The van der Waals surface area contributed by atoms with E-state index in [9.17, 15) is 10.1 Å². The van der Waals surface area contributed by atoms with Crippen LogP contribution in [0.5, 0.6) is 0 Å². The molecule has 0 fully saturated rings. The third-order valence-electron chi connectivity index (χ3n) is 2.60. The van der Waals surface area contributed by atoms with E-state index >= 15 is 0 Å². The van der Waals surface area contributed by atoms with Crippen LogP contribution in [0.1, 0.15) is 40.0 Å². The minimum absolute atomic E-state index is 0.0351. The predicted molar refractivity (Wildman–Crippen MR) is 55.7 cm³/mol. The highest BCUT2D eigenvalue weighted by atomic mass is 16.6. The summed E-state index contributed by atoms with van der Waals surface area (Å²) in [6, 6.07) is 0. The number of hydrogen-bond donors (Lipinski definition) is 1. The summed E-state index contributed by atoms with van der Waals surface area (Å²) in [5, 5.41) is 19.0. The number of nitro groups is 1. The second-order valence-electron chi connectivity index (χ2n) is 4.77. The molecule has 84 valence electrons. The van der Waals surface area contributed by atoms with Crippen molar-refractivity contribution in [3.63, 3.8) is 0 Å². The van der Waals surface area contributed by atoms with Crippen LogP contribution in [-0.4, -0.2) is 23.2 Å². The number of hydrogen-bond acceptors (Lipinski definition) is 3. The normalized spacial score (nSPS) is 14.0. The summed E-state index contributed by atoms with van der Waals surface area (Å²) in [6.45, 7) is 6.48. The molecule has 0 bridgehead atoms. The Morgan fingerprint density at radius 3 is 2.29 bits per heavy atom. The monoisotopic (exact) mass is 203 g/mol. The first-order valence-corrected chi connectivity index (χ1v) is 5.10. The van der Waals surface area contributed by atoms with Gasteiger partial charge in [-0.2, -0.15) is 0 Å². The lowest BCUT2D eigenvalue weighted by atomic mass is 9.76. The van der Waals surface area contributed by atoms with E-state index in [2.05, 4.69) is 20.8 Å². The summed E-state index contributed by atoms with van der Waals surface area (Å²) >= 11 is 0. The first-order valence-electron chi connectivity index (χ1n) is 5.10. The molecule has 0 spiro atoms. The number of aliphatic hydroxyl groups excluding tert-OH is 1. The highest BCUT2D eigenvalue weighted by molar-refractivity contribution is 4.73. The number of rotatable bonds is 6. The zero-order valence-electron chi connectivity index (χ0n) is 9.32. The molecule has 4 nitrogen and oxygen atoms in total. The maximum atomic E-state index is 10.3. The predicted octanol–water partition coefficient (Wildman–Crippen LogP) is 2.09. The summed E-state index contributed by atoms with van der Waals surface area (Å²) < 4.78 is 0. The van der Waals surface area contributed by atoms with Crippen molar-refractivity contribution in [2.75, 3.05) is 13.2 Å². The first kappa shape index (κ1) is 13.4. The lowest BCUT2D eigenvalue weighted by molar-refractivity contribution is -0.482. The third-order valence-corrected chi connectivity index (χ3v) is 2.60. The van der Waals surface area contributed by atoms with E-state index in [1.807, 2.05) is 0 Å². The highest BCUT2D eigenvalue weighted by Gasteiger charge is 2.25. The van der Waals surface area contributed by atoms with Gasteiger partial charge in [0, 0.05) is 18.0 Å². The Hall–Kier alpha value is -0.640. The summed E-state index contributed by atoms with van der Waals surface area (Å²) in [7, 11) is 0. The molecule has 0 heterocycles. The van der Waals surface area contributed by atoms with Crippen LogP contribution in [0.3, 0.4) is 0 Å². The fraction of sp³-hybridized carbons (Fsp3) is 1.00. The molecule has 0 saturated carbocycles. The summed E-state index contributed by atoms with van der Waals surface area (Å²) in [5.41, 5.74) is 0.0885. The van der Waals surface area contributed by atoms with Crippen LogP contribution in [0.2, 0.25) is 0 Å². The van der Waals surface area contributed by atoms with E-state index in [0.717, 1.165) is 12.8 Å². The second-order valence-corrected chi connectivity index (χ2v) is 4.77. The van der Waals surface area contributed by atoms with Gasteiger partial charge in [0.15, 0.2) is 0 Å². The molecule has 0 saturated heterocycles. The summed E-state index contributed by atoms with van der Waals surface area (Å²) in [6.07, 6.45) is 2.21. The second kappa shape index (κ2) is 5.96. The average Bonchev–Trinajstić information content (AvgIpc) is 2.01. The van der Waals surface area contributed by atoms with E-state index in [1.54, 1.807) is 0 Å². The van der Waals surface area contributed by atoms with Crippen LogP contribution in [0.15, 0.2) is 0 Å². The smallest absolute Gasteiger partial charge is 0.204 e. The van der Waals surface area contributed by atoms with Gasteiger partial charge in [0.2, 0.25) is 6.54 Å². The Balaban J connectivity index is 4.04. The fourth-order valence-electron chi connectivity index (χ4n) is 1.61. The topological polar surface area (TPSA) is 63.4 Å². The van der Waals surface area contributed by atoms with Crippen molar-refractivity contribution >= 4 is 0 Å². The molecule has 0 aliphatic rings. The number of nitrogens with zero attached hydrogens (tertiary/aromatic N) is 1. The number of aliphatic hydroxyl groups is 1. The van der Waals surface area contributed by atoms with Crippen LogP contribution in [0, 0.1) is 21.4 Å². The molecule has 0 radical (unpaired) electrons. The van der Waals surface area contributed by atoms with E-state index in [-0.39, 0.29) is 23.5 Å². The molecule has 0 aliphatic heterocycles. The van der Waals surface area contributed by atoms with E-state index in [4.69, 9.17) is 5.11 Å². The van der Waals surface area contributed by atoms with Crippen molar-refractivity contribution in [3.05, 3.63) is 10.1 Å². The zero-order chi connectivity index (χ0) is 11.2. The third kappa shape index (κ3) is 5.91. The Bertz CT molecular complexity index is 175. The van der Waals surface area contributed by atoms with Crippen molar-refractivity contribution in [1.29, 1.82) is 0 Å². The van der Waals surface area contributed by atoms with Crippen molar-refractivity contribution in [2.45, 2.75) is 40.0 Å². The molecule has 4 heteroatoms. The van der Waals surface area contributed by atoms with Gasteiger partial charge in [0.25, 0.3) is 0 Å². The Labute approximate surface area is 85.5 Å². The van der Waals surface area contributed by atoms with E-state index in [0.29, 0.717) is 12.3 Å². The molecule has 0 aromatic rings. The Morgan fingerprint density at radius 1 is 1.36 bits per heavy atom. The summed E-state index contributed by atoms with van der Waals surface area (Å²) in [4.78, 5) is 9.99. The van der Waals surface area contributed by atoms with Gasteiger partial charge in [-0.3, -0.25) is 10.1 Å². The zero-order valence-corrected chi connectivity index (χ0v) is 9.32. The molecular formula is C10H21NO3. The van der Waals surface area contributed by atoms with Gasteiger partial charge in [-0.1, -0.05) is 20.8 Å². The van der Waals surface area contributed by atoms with Crippen LogP contribution >= 0.6 is 0 Å². The van der Waals surface area contributed by atoms with Gasteiger partial charge in [-0.15, -0.1) is 0 Å². The minimum Gasteiger partial charge on any atom is -0.396 e. The van der Waals surface area contributed by atoms with Crippen LogP contribution in [-0.2, 0) is 0 Å². The molecule has 0 rings (SSSR count). The molecule has 1 N–H and O–H groups in total. The molecular weight excluding hydrogens is 182 g/mol. The van der Waals surface area contributed by atoms with Crippen molar-refractivity contribution in [1.82, 2.24) is 0 Å². The van der Waals surface area contributed by atoms with Gasteiger partial charge in [-0.25, -0.2) is 0 Å². The molecule has 0 aromatic heterocycles. The van der Waals surface area contributed by atoms with E-state index in [1.165, 1.54) is 0 Å². The average molecular weight is 203 g/mol. The quantitative estimate of drug-likeness (QED) is 0.531. The Kier molecular flexibility index (Phi) is 5.69. The largest absolute Gasteiger partial charge is 0.396 e. The molecule has 0 aliphatic carbocycles. The fourth-order valence-corrected chi connectivity index (χ4v) is 1.61. The van der Waals surface area contributed by atoms with Crippen LogP contribution < -0.4 is 0 Å². The van der Waals surface area contributed by atoms with Crippen LogP contribution in [0.4, 0.5) is 0 Å². The standard InChI is InChI=1S/C10H21NO3/c1-10(2,3)9(5-4-8-12)6-7-11(13)14/h9,12H,4-8H2,1-3H3. The minimum atomic E-state index is -0.266. The maximum Gasteiger partial charge on any atom is 0.204 e. The van der Waals surface area contributed by atoms with Gasteiger partial charge in [0.05, 0.1) is 0 Å². The van der Waals surface area contributed by atoms with Gasteiger partial charge in [0.1, 0.15) is 0 Å². The molecule has 0 aromatic carbocycles. The summed E-state index contributed by atoms with van der Waals surface area (Å²) in [5.74, 6) is 0.319. The van der Waals surface area contributed by atoms with Crippen molar-refractivity contribution in [2.24, 2.45) is 11.3 Å². The lowest BCUT2D eigenvalue weighted by Crippen LogP contribution is -2.23. The van der Waals surface area contributed by atoms with Crippen molar-refractivity contribution in [3.8, 4) is 0 Å². The molecule has 1 atom stereocenters. The van der Waals surface area contributed by atoms with Crippen LogP contribution in [0.25, 0.3) is 0 Å². The van der Waals surface area contributed by atoms with Gasteiger partial charge >= 0.3 is 0 Å². The highest BCUT2D eigenvalue weighted by Crippen LogP contribution is 2.32. The van der Waals surface area contributed by atoms with Gasteiger partial charge in [-0.05, 0) is 24.2 Å². The molecule has 14 heavy (non-hydrogen) atoms. The maximum absolute atomic E-state index is 10.3. The molecule has 1 unspecified atom stereocenters. The van der Waals surface area contributed by atoms with E-state index < -0.39 is 0 Å². The SMILES string of the molecule is CC(C)(C)C(CCCO)CC[N+](=O)[O-]. The van der Waals surface area contributed by atoms with Crippen molar-refractivity contribution < 1.29 is 10.0 Å². The first-order chi connectivity index (χ1) is 6.38.